The van der Waals surface area contributed by atoms with Crippen LogP contribution in [0.1, 0.15) is 33.1 Å². The van der Waals surface area contributed by atoms with Gasteiger partial charge in [0.25, 0.3) is 0 Å². The van der Waals surface area contributed by atoms with Crippen molar-refractivity contribution in [3.63, 3.8) is 0 Å². The number of rotatable bonds is 6. The average molecular weight is 204 g/mol. The number of Topliss-reactive ketones (excluding diaryl/α,β-unsaturated/α-hetero) is 1. The van der Waals surface area contributed by atoms with Crippen molar-refractivity contribution in [3.05, 3.63) is 0 Å². The van der Waals surface area contributed by atoms with Crippen molar-refractivity contribution in [2.45, 2.75) is 39.4 Å². The average Bonchev–Trinajstić information content (AvgIpc) is 2.25. The Kier molecular flexibility index (Phi) is 13.8. The predicted molar refractivity (Wildman–Crippen MR) is 54.1 cm³/mol. The second-order valence-corrected chi connectivity index (χ2v) is 2.73. The summed E-state index contributed by atoms with van der Waals surface area (Å²) in [6.45, 7) is 3.82. The van der Waals surface area contributed by atoms with Gasteiger partial charge in [-0.25, -0.2) is 0 Å². The number of carbonyl (C=O) groups is 2. The van der Waals surface area contributed by atoms with E-state index in [0.29, 0.717) is 12.7 Å². The summed E-state index contributed by atoms with van der Waals surface area (Å²) in [5.41, 5.74) is 0. The van der Waals surface area contributed by atoms with Gasteiger partial charge < -0.3 is 9.47 Å². The van der Waals surface area contributed by atoms with Crippen LogP contribution in [-0.2, 0) is 19.1 Å². The summed E-state index contributed by atoms with van der Waals surface area (Å²) in [7, 11) is 3.21. The van der Waals surface area contributed by atoms with Gasteiger partial charge in [0.1, 0.15) is 0 Å². The number of hydrogen-bond acceptors (Lipinski definition) is 4. The molecule has 0 unspecified atom stereocenters. The Morgan fingerprint density at radius 2 is 1.86 bits per heavy atom. The largest absolute Gasteiger partial charge is 0.356 e. The summed E-state index contributed by atoms with van der Waals surface area (Å²) in [5, 5.41) is 0. The minimum atomic E-state index is -0.285. The Balaban J connectivity index is 0. The van der Waals surface area contributed by atoms with Gasteiger partial charge in [0.05, 0.1) is 0 Å². The molecule has 0 aromatic rings. The van der Waals surface area contributed by atoms with Crippen molar-refractivity contribution in [1.82, 2.24) is 0 Å². The third-order valence-electron chi connectivity index (χ3n) is 1.57. The van der Waals surface area contributed by atoms with E-state index in [1.165, 1.54) is 0 Å². The van der Waals surface area contributed by atoms with Crippen LogP contribution in [0.3, 0.4) is 0 Å². The Morgan fingerprint density at radius 3 is 2.07 bits per heavy atom. The molecule has 0 amide bonds. The molecule has 0 saturated carbocycles. The molecule has 0 radical (unpaired) electrons. The first-order valence-corrected chi connectivity index (χ1v) is 4.65. The number of carbonyl (C=O) groups excluding carboxylic acids is 2. The van der Waals surface area contributed by atoms with Gasteiger partial charge >= 0.3 is 0 Å². The van der Waals surface area contributed by atoms with E-state index in [1.54, 1.807) is 14.2 Å². The molecule has 0 spiro atoms. The second-order valence-electron chi connectivity index (χ2n) is 2.73. The third kappa shape index (κ3) is 13.8. The molecule has 4 nitrogen and oxygen atoms in total. The van der Waals surface area contributed by atoms with Gasteiger partial charge in [-0.1, -0.05) is 13.3 Å². The van der Waals surface area contributed by atoms with Crippen molar-refractivity contribution in [2.75, 3.05) is 14.2 Å². The van der Waals surface area contributed by atoms with E-state index in [2.05, 4.69) is 9.47 Å². The fourth-order valence-electron chi connectivity index (χ4n) is 0.506. The van der Waals surface area contributed by atoms with E-state index >= 15 is 0 Å². The van der Waals surface area contributed by atoms with Gasteiger partial charge in [0.2, 0.25) is 0 Å². The summed E-state index contributed by atoms with van der Waals surface area (Å²) in [6.07, 6.45) is 2.54. The number of hydrogen-bond donors (Lipinski definition) is 0. The molecule has 0 rings (SSSR count). The predicted octanol–water partition coefficient (Wildman–Crippen LogP) is 1.57. The monoisotopic (exact) mass is 204 g/mol. The minimum absolute atomic E-state index is 0.0648. The first kappa shape index (κ1) is 15.7. The van der Waals surface area contributed by atoms with E-state index in [9.17, 15) is 9.59 Å². The summed E-state index contributed by atoms with van der Waals surface area (Å²) in [6, 6.07) is 0. The van der Waals surface area contributed by atoms with Gasteiger partial charge in [0.15, 0.2) is 18.4 Å². The Morgan fingerprint density at radius 1 is 1.36 bits per heavy atom. The maximum Gasteiger partial charge on any atom is 0.195 e. The van der Waals surface area contributed by atoms with Gasteiger partial charge in [0, 0.05) is 20.6 Å². The zero-order chi connectivity index (χ0) is 11.4. The lowest BCUT2D eigenvalue weighted by Crippen LogP contribution is -2.05. The van der Waals surface area contributed by atoms with Gasteiger partial charge in [-0.3, -0.25) is 9.59 Å². The SMILES string of the molecule is CCCCC(=O)C=O.COC(C)OC. The minimum Gasteiger partial charge on any atom is -0.356 e. The van der Waals surface area contributed by atoms with Crippen LogP contribution in [0, 0.1) is 0 Å². The number of ether oxygens (including phenoxy) is 2. The lowest BCUT2D eigenvalue weighted by Gasteiger charge is -2.03. The van der Waals surface area contributed by atoms with Crippen LogP contribution < -0.4 is 0 Å². The van der Waals surface area contributed by atoms with E-state index in [4.69, 9.17) is 0 Å². The van der Waals surface area contributed by atoms with Crippen LogP contribution >= 0.6 is 0 Å². The van der Waals surface area contributed by atoms with E-state index in [1.807, 2.05) is 13.8 Å². The molecule has 84 valence electrons. The molecule has 0 N–H and O–H groups in total. The molecule has 0 aliphatic rings. The molecule has 0 saturated heterocycles. The molecule has 0 aromatic carbocycles. The summed E-state index contributed by atoms with van der Waals surface area (Å²) < 4.78 is 9.35. The molecule has 0 atom stereocenters. The third-order valence-corrected chi connectivity index (χ3v) is 1.57. The molecule has 0 aromatic heterocycles. The fraction of sp³-hybridized carbons (Fsp3) is 0.800. The van der Waals surface area contributed by atoms with Crippen molar-refractivity contribution in [1.29, 1.82) is 0 Å². The van der Waals surface area contributed by atoms with Crippen molar-refractivity contribution in [3.8, 4) is 0 Å². The zero-order valence-corrected chi connectivity index (χ0v) is 9.41. The standard InChI is InChI=1S/C6H10O2.C4H10O2/c1-2-3-4-6(8)5-7;1-4(5-2)6-3/h5H,2-4H2,1H3;4H,1-3H3. The highest BCUT2D eigenvalue weighted by Crippen LogP contribution is 1.91. The Bertz CT molecular complexity index is 141. The molecule has 14 heavy (non-hydrogen) atoms. The topological polar surface area (TPSA) is 52.6 Å². The number of methoxy groups -OCH3 is 2. The smallest absolute Gasteiger partial charge is 0.195 e. The number of ketones is 1. The first-order chi connectivity index (χ1) is 6.62. The lowest BCUT2D eigenvalue weighted by molar-refractivity contribution is -0.129. The maximum atomic E-state index is 10.2. The summed E-state index contributed by atoms with van der Waals surface area (Å²) in [4.78, 5) is 19.9. The Hall–Kier alpha value is -0.740. The van der Waals surface area contributed by atoms with Crippen molar-refractivity contribution in [2.24, 2.45) is 0 Å². The van der Waals surface area contributed by atoms with Crippen LogP contribution in [0.25, 0.3) is 0 Å². The molecular weight excluding hydrogens is 184 g/mol. The first-order valence-electron chi connectivity index (χ1n) is 4.65. The van der Waals surface area contributed by atoms with Crippen LogP contribution in [0.5, 0.6) is 0 Å². The fourth-order valence-corrected chi connectivity index (χ4v) is 0.506. The van der Waals surface area contributed by atoms with Crippen molar-refractivity contribution >= 4 is 12.1 Å². The van der Waals surface area contributed by atoms with Crippen LogP contribution in [0.15, 0.2) is 0 Å². The highest BCUT2D eigenvalue weighted by Gasteiger charge is 1.94. The van der Waals surface area contributed by atoms with E-state index in [-0.39, 0.29) is 12.1 Å². The lowest BCUT2D eigenvalue weighted by atomic mass is 10.2. The quantitative estimate of drug-likeness (QED) is 0.374. The molecule has 0 fully saturated rings. The normalized spacial score (nSPS) is 9.21. The highest BCUT2D eigenvalue weighted by atomic mass is 16.7. The highest BCUT2D eigenvalue weighted by molar-refractivity contribution is 6.24. The number of unbranched alkanes of at least 4 members (excludes halogenated alkanes) is 1. The second kappa shape index (κ2) is 12.3. The molecule has 0 heterocycles. The van der Waals surface area contributed by atoms with E-state index in [0.717, 1.165) is 12.8 Å². The molecule has 4 heteroatoms. The molecule has 0 aliphatic heterocycles. The number of aldehydes is 1. The van der Waals surface area contributed by atoms with Gasteiger partial charge in [-0.2, -0.15) is 0 Å². The molecular formula is C10H20O4. The molecule has 0 aliphatic carbocycles. The summed E-state index contributed by atoms with van der Waals surface area (Å²) in [5.74, 6) is -0.285. The Labute approximate surface area is 85.6 Å². The van der Waals surface area contributed by atoms with Crippen LogP contribution in [0.2, 0.25) is 0 Å². The van der Waals surface area contributed by atoms with Crippen LogP contribution in [-0.4, -0.2) is 32.6 Å². The van der Waals surface area contributed by atoms with Gasteiger partial charge in [-0.05, 0) is 13.3 Å². The molecule has 0 bridgehead atoms. The van der Waals surface area contributed by atoms with Crippen molar-refractivity contribution < 1.29 is 19.1 Å². The van der Waals surface area contributed by atoms with Gasteiger partial charge in [-0.15, -0.1) is 0 Å². The zero-order valence-electron chi connectivity index (χ0n) is 9.41. The maximum absolute atomic E-state index is 10.2. The van der Waals surface area contributed by atoms with Crippen LogP contribution in [0.4, 0.5) is 0 Å². The van der Waals surface area contributed by atoms with E-state index < -0.39 is 0 Å². The summed E-state index contributed by atoms with van der Waals surface area (Å²) >= 11 is 0.